The third-order valence-corrected chi connectivity index (χ3v) is 3.02. The number of carboxylic acids is 1. The van der Waals surface area contributed by atoms with Gasteiger partial charge >= 0.3 is 5.97 Å². The van der Waals surface area contributed by atoms with Crippen molar-refractivity contribution in [2.75, 3.05) is 18.4 Å². The van der Waals surface area contributed by atoms with Crippen LogP contribution in [-0.4, -0.2) is 40.2 Å². The van der Waals surface area contributed by atoms with Gasteiger partial charge in [-0.1, -0.05) is 0 Å². The second-order valence-corrected chi connectivity index (χ2v) is 4.65. The Kier molecular flexibility index (Phi) is 8.92. The number of anilines is 1. The van der Waals surface area contributed by atoms with Gasteiger partial charge in [0.05, 0.1) is 18.1 Å². The number of carboxylic acid groups (broad SMARTS) is 1. The monoisotopic (exact) mass is 334 g/mol. The van der Waals surface area contributed by atoms with Crippen LogP contribution in [0.4, 0.5) is 5.82 Å². The summed E-state index contributed by atoms with van der Waals surface area (Å²) in [5.74, 6) is -0.226. The van der Waals surface area contributed by atoms with Crippen LogP contribution in [0.15, 0.2) is 18.0 Å². The summed E-state index contributed by atoms with van der Waals surface area (Å²) in [6, 6.07) is 0.380. The Morgan fingerprint density at radius 1 is 1.43 bits per heavy atom. The lowest BCUT2D eigenvalue weighted by atomic mass is 10.1. The van der Waals surface area contributed by atoms with E-state index in [2.05, 4.69) is 20.6 Å². The standard InChI is InChI=1S/C13H18N4O2.2ClH/c1-9(13(18)19)5-11-7-16-12(8-15-11)17-10-3-2-4-14-6-10;;/h5,7-8,10,14H,2-4,6H2,1H3,(H,16,17)(H,18,19);2*1H/b9-5+;;/t10-;;/m1../s1. The van der Waals surface area contributed by atoms with Crippen molar-refractivity contribution in [2.45, 2.75) is 25.8 Å². The number of aliphatic carboxylic acids is 1. The van der Waals surface area contributed by atoms with E-state index in [0.717, 1.165) is 31.7 Å². The fourth-order valence-electron chi connectivity index (χ4n) is 1.95. The van der Waals surface area contributed by atoms with Gasteiger partial charge in [0.25, 0.3) is 0 Å². The highest BCUT2D eigenvalue weighted by Crippen LogP contribution is 2.10. The minimum Gasteiger partial charge on any atom is -0.478 e. The predicted octanol–water partition coefficient (Wildman–Crippen LogP) is 1.97. The van der Waals surface area contributed by atoms with Crippen molar-refractivity contribution in [3.05, 3.63) is 23.7 Å². The van der Waals surface area contributed by atoms with E-state index in [4.69, 9.17) is 5.11 Å². The Morgan fingerprint density at radius 2 is 2.19 bits per heavy atom. The summed E-state index contributed by atoms with van der Waals surface area (Å²) >= 11 is 0. The molecule has 8 heteroatoms. The lowest BCUT2D eigenvalue weighted by Gasteiger charge is -2.24. The van der Waals surface area contributed by atoms with Crippen LogP contribution in [0.5, 0.6) is 0 Å². The lowest BCUT2D eigenvalue weighted by molar-refractivity contribution is -0.132. The van der Waals surface area contributed by atoms with Gasteiger partial charge in [-0.2, -0.15) is 0 Å². The minimum absolute atomic E-state index is 0. The fraction of sp³-hybridized carbons (Fsp3) is 0.462. The van der Waals surface area contributed by atoms with Crippen LogP contribution in [0.2, 0.25) is 0 Å². The van der Waals surface area contributed by atoms with Crippen molar-refractivity contribution in [3.8, 4) is 0 Å². The van der Waals surface area contributed by atoms with Crippen molar-refractivity contribution in [1.29, 1.82) is 0 Å². The maximum absolute atomic E-state index is 10.7. The topological polar surface area (TPSA) is 87.1 Å². The van der Waals surface area contributed by atoms with E-state index in [9.17, 15) is 4.79 Å². The number of nitrogens with zero attached hydrogens (tertiary/aromatic N) is 2. The Morgan fingerprint density at radius 3 is 2.71 bits per heavy atom. The van der Waals surface area contributed by atoms with Crippen LogP contribution in [0.25, 0.3) is 6.08 Å². The van der Waals surface area contributed by atoms with Crippen LogP contribution in [0.3, 0.4) is 0 Å². The van der Waals surface area contributed by atoms with Gasteiger partial charge in [0.1, 0.15) is 5.82 Å². The van der Waals surface area contributed by atoms with Crippen LogP contribution in [0.1, 0.15) is 25.5 Å². The molecule has 2 rings (SSSR count). The van der Waals surface area contributed by atoms with E-state index in [1.165, 1.54) is 13.0 Å². The van der Waals surface area contributed by atoms with E-state index in [1.807, 2.05) is 0 Å². The quantitative estimate of drug-likeness (QED) is 0.730. The first-order chi connectivity index (χ1) is 9.15. The van der Waals surface area contributed by atoms with Gasteiger partial charge in [-0.15, -0.1) is 24.8 Å². The maximum atomic E-state index is 10.7. The van der Waals surface area contributed by atoms with Crippen molar-refractivity contribution in [3.63, 3.8) is 0 Å². The molecule has 1 aliphatic rings. The van der Waals surface area contributed by atoms with Gasteiger partial charge < -0.3 is 15.7 Å². The summed E-state index contributed by atoms with van der Waals surface area (Å²) < 4.78 is 0. The smallest absolute Gasteiger partial charge is 0.331 e. The summed E-state index contributed by atoms with van der Waals surface area (Å²) in [6.07, 6.45) is 6.99. The first kappa shape index (κ1) is 19.6. The van der Waals surface area contributed by atoms with Gasteiger partial charge in [-0.25, -0.2) is 9.78 Å². The normalized spacial score (nSPS) is 18.1. The summed E-state index contributed by atoms with van der Waals surface area (Å²) in [5.41, 5.74) is 0.790. The first-order valence-corrected chi connectivity index (χ1v) is 6.36. The van der Waals surface area contributed by atoms with E-state index in [1.54, 1.807) is 12.4 Å². The number of carbonyl (C=O) groups is 1. The highest BCUT2D eigenvalue weighted by molar-refractivity contribution is 5.91. The van der Waals surface area contributed by atoms with E-state index >= 15 is 0 Å². The molecule has 0 spiro atoms. The number of rotatable bonds is 4. The van der Waals surface area contributed by atoms with Gasteiger partial charge in [0, 0.05) is 18.2 Å². The highest BCUT2D eigenvalue weighted by Gasteiger charge is 2.12. The number of hydrogen-bond acceptors (Lipinski definition) is 5. The zero-order valence-corrected chi connectivity index (χ0v) is 13.3. The molecule has 0 aliphatic carbocycles. The fourth-order valence-corrected chi connectivity index (χ4v) is 1.95. The molecule has 3 N–H and O–H groups in total. The van der Waals surface area contributed by atoms with E-state index < -0.39 is 5.97 Å². The molecule has 21 heavy (non-hydrogen) atoms. The SMILES string of the molecule is C/C(=C\c1cnc(N[C@@H]2CCCNC2)cn1)C(=O)O.Cl.Cl. The molecular weight excluding hydrogens is 315 g/mol. The summed E-state index contributed by atoms with van der Waals surface area (Å²) in [4.78, 5) is 19.1. The average Bonchev–Trinajstić information content (AvgIpc) is 2.42. The number of halogens is 2. The molecule has 0 aromatic carbocycles. The minimum atomic E-state index is -0.947. The predicted molar refractivity (Wildman–Crippen MR) is 87.3 cm³/mol. The molecule has 1 fully saturated rings. The Hall–Kier alpha value is -1.37. The first-order valence-electron chi connectivity index (χ1n) is 6.36. The molecule has 118 valence electrons. The third kappa shape index (κ3) is 6.29. The molecule has 0 bridgehead atoms. The van der Waals surface area contributed by atoms with E-state index in [-0.39, 0.29) is 30.4 Å². The second kappa shape index (κ2) is 9.55. The average molecular weight is 335 g/mol. The van der Waals surface area contributed by atoms with Crippen LogP contribution in [0, 0.1) is 0 Å². The van der Waals surface area contributed by atoms with Crippen molar-refractivity contribution in [2.24, 2.45) is 0 Å². The van der Waals surface area contributed by atoms with Crippen LogP contribution >= 0.6 is 24.8 Å². The lowest BCUT2D eigenvalue weighted by Crippen LogP contribution is -2.38. The van der Waals surface area contributed by atoms with Gasteiger partial charge in [-0.3, -0.25) is 4.98 Å². The molecule has 6 nitrogen and oxygen atoms in total. The molecular formula is C13H20Cl2N4O2. The summed E-state index contributed by atoms with van der Waals surface area (Å²) in [7, 11) is 0. The van der Waals surface area contributed by atoms with E-state index in [0.29, 0.717) is 11.7 Å². The van der Waals surface area contributed by atoms with Gasteiger partial charge in [0.2, 0.25) is 0 Å². The molecule has 0 unspecified atom stereocenters. The van der Waals surface area contributed by atoms with Gasteiger partial charge in [-0.05, 0) is 32.4 Å². The molecule has 1 saturated heterocycles. The molecule has 1 aromatic heterocycles. The van der Waals surface area contributed by atoms with Crippen molar-refractivity contribution in [1.82, 2.24) is 15.3 Å². The van der Waals surface area contributed by atoms with Crippen LogP contribution < -0.4 is 10.6 Å². The third-order valence-electron chi connectivity index (χ3n) is 3.02. The largest absolute Gasteiger partial charge is 0.478 e. The number of piperidine rings is 1. The Bertz CT molecular complexity index is 474. The van der Waals surface area contributed by atoms with Crippen molar-refractivity contribution >= 4 is 42.7 Å². The molecule has 2 heterocycles. The highest BCUT2D eigenvalue weighted by atomic mass is 35.5. The van der Waals surface area contributed by atoms with Gasteiger partial charge in [0.15, 0.2) is 0 Å². The summed E-state index contributed by atoms with van der Waals surface area (Å²) in [5, 5.41) is 15.4. The molecule has 1 aliphatic heterocycles. The molecule has 1 atom stereocenters. The number of hydrogen-bond donors (Lipinski definition) is 3. The number of nitrogens with one attached hydrogen (secondary N) is 2. The van der Waals surface area contributed by atoms with Crippen LogP contribution in [-0.2, 0) is 4.79 Å². The number of aromatic nitrogens is 2. The zero-order chi connectivity index (χ0) is 13.7. The molecule has 0 radical (unpaired) electrons. The maximum Gasteiger partial charge on any atom is 0.331 e. The Balaban J connectivity index is 0.00000200. The molecule has 0 saturated carbocycles. The Labute approximate surface area is 136 Å². The summed E-state index contributed by atoms with van der Waals surface area (Å²) in [6.45, 7) is 3.54. The molecule has 1 aromatic rings. The van der Waals surface area contributed by atoms with Crippen molar-refractivity contribution < 1.29 is 9.90 Å². The second-order valence-electron chi connectivity index (χ2n) is 4.65. The molecule has 0 amide bonds. The zero-order valence-electron chi connectivity index (χ0n) is 11.7.